The summed E-state index contributed by atoms with van der Waals surface area (Å²) in [6, 6.07) is 0. The van der Waals surface area contributed by atoms with Crippen LogP contribution >= 0.6 is 0 Å². The molecule has 1 nitrogen and oxygen atoms in total. The van der Waals surface area contributed by atoms with E-state index < -0.39 is 42.2 Å². The maximum Gasteiger partial charge on any atom is 0.401 e. The number of rotatable bonds is 0. The van der Waals surface area contributed by atoms with Crippen LogP contribution in [0.3, 0.4) is 0 Å². The van der Waals surface area contributed by atoms with Gasteiger partial charge in [-0.3, -0.25) is 0 Å². The molecule has 1 rings (SSSR count). The Balaban J connectivity index is 3.17. The number of alkyl halides is 5. The minimum Gasteiger partial charge on any atom is -0.383 e. The van der Waals surface area contributed by atoms with Crippen molar-refractivity contribution in [1.29, 1.82) is 0 Å². The van der Waals surface area contributed by atoms with Gasteiger partial charge in [0.25, 0.3) is 0 Å². The summed E-state index contributed by atoms with van der Waals surface area (Å²) in [5, 5.41) is 8.52. The number of allylic oxidation sites excluding steroid dienone is 1. The predicted molar refractivity (Wildman–Crippen MR) is 34.6 cm³/mol. The van der Waals surface area contributed by atoms with Gasteiger partial charge >= 0.3 is 6.18 Å². The van der Waals surface area contributed by atoms with Crippen LogP contribution < -0.4 is 0 Å². The molecule has 88 valence electrons. The molecule has 0 fully saturated rings. The van der Waals surface area contributed by atoms with Crippen LogP contribution in [0.1, 0.15) is 0 Å². The van der Waals surface area contributed by atoms with Crippen LogP contribution in [0, 0.1) is 5.92 Å². The lowest BCUT2D eigenvalue weighted by Gasteiger charge is -2.31. The van der Waals surface area contributed by atoms with Crippen LogP contribution in [0.25, 0.3) is 0 Å². The summed E-state index contributed by atoms with van der Waals surface area (Å²) in [5.74, 6) is -8.30. The first kappa shape index (κ1) is 12.3. The molecule has 0 aromatic heterocycles. The van der Waals surface area contributed by atoms with Crippen LogP contribution in [0.5, 0.6) is 0 Å². The van der Waals surface area contributed by atoms with E-state index in [-0.39, 0.29) is 0 Å². The van der Waals surface area contributed by atoms with Crippen molar-refractivity contribution in [2.24, 2.45) is 5.92 Å². The van der Waals surface area contributed by atoms with Gasteiger partial charge in [-0.15, -0.1) is 0 Å². The first-order valence-electron chi connectivity index (χ1n) is 3.76. The van der Waals surface area contributed by atoms with Gasteiger partial charge in [0, 0.05) is 0 Å². The van der Waals surface area contributed by atoms with Crippen molar-refractivity contribution >= 4 is 0 Å². The molecule has 0 spiro atoms. The normalized spacial score (nSPS) is 38.4. The number of hydrogen-bond donors (Lipinski definition) is 1. The molecule has 15 heavy (non-hydrogen) atoms. The van der Waals surface area contributed by atoms with E-state index in [1.165, 1.54) is 0 Å². The Labute approximate surface area is 79.2 Å². The van der Waals surface area contributed by atoms with Crippen molar-refractivity contribution < 1.29 is 35.8 Å². The highest BCUT2D eigenvalue weighted by Gasteiger charge is 2.57. The second-order valence-electron chi connectivity index (χ2n) is 3.05. The molecular weight excluding hydrogens is 233 g/mol. The van der Waals surface area contributed by atoms with E-state index in [1.54, 1.807) is 0 Å². The molecule has 4 unspecified atom stereocenters. The lowest BCUT2D eigenvalue weighted by molar-refractivity contribution is -0.199. The largest absolute Gasteiger partial charge is 0.401 e. The molecule has 0 heterocycles. The molecule has 0 aromatic rings. The zero-order valence-corrected chi connectivity index (χ0v) is 6.90. The maximum absolute atomic E-state index is 12.7. The smallest absolute Gasteiger partial charge is 0.383 e. The third-order valence-corrected chi connectivity index (χ3v) is 2.04. The molecule has 0 aliphatic heterocycles. The van der Waals surface area contributed by atoms with Crippen molar-refractivity contribution in [1.82, 2.24) is 0 Å². The van der Waals surface area contributed by atoms with Gasteiger partial charge in [-0.1, -0.05) is 0 Å². The Morgan fingerprint density at radius 3 is 1.80 bits per heavy atom. The van der Waals surface area contributed by atoms with Crippen molar-refractivity contribution in [2.75, 3.05) is 0 Å². The summed E-state index contributed by atoms with van der Waals surface area (Å²) < 4.78 is 86.4. The van der Waals surface area contributed by atoms with E-state index in [9.17, 15) is 30.7 Å². The SMILES string of the molecule is OC1C(F)=C(F)C(C(F)(F)F)C(F)C1F. The van der Waals surface area contributed by atoms with Crippen molar-refractivity contribution in [2.45, 2.75) is 24.6 Å². The molecule has 0 saturated carbocycles. The van der Waals surface area contributed by atoms with E-state index in [4.69, 9.17) is 5.11 Å². The molecule has 4 atom stereocenters. The van der Waals surface area contributed by atoms with Gasteiger partial charge in [-0.25, -0.2) is 17.6 Å². The third-order valence-electron chi connectivity index (χ3n) is 2.04. The molecule has 0 amide bonds. The Morgan fingerprint density at radius 2 is 1.40 bits per heavy atom. The fourth-order valence-electron chi connectivity index (χ4n) is 1.25. The highest BCUT2D eigenvalue weighted by Crippen LogP contribution is 2.44. The predicted octanol–water partition coefficient (Wildman–Crippen LogP) is 2.37. The van der Waals surface area contributed by atoms with Gasteiger partial charge in [0.1, 0.15) is 17.8 Å². The second kappa shape index (κ2) is 3.66. The zero-order valence-electron chi connectivity index (χ0n) is 6.90. The number of hydrogen-bond acceptors (Lipinski definition) is 1. The first-order chi connectivity index (χ1) is 6.68. The summed E-state index contributed by atoms with van der Waals surface area (Å²) in [6.45, 7) is 0. The van der Waals surface area contributed by atoms with Gasteiger partial charge in [-0.05, 0) is 0 Å². The second-order valence-corrected chi connectivity index (χ2v) is 3.05. The first-order valence-corrected chi connectivity index (χ1v) is 3.76. The summed E-state index contributed by atoms with van der Waals surface area (Å²) in [6.07, 6.45) is -14.7. The molecule has 0 aromatic carbocycles. The standard InChI is InChI=1S/C7H5F7O/c8-2-1(7(12,13)14)3(9)5(11)6(15)4(2)10/h1-2,4,6,15H. The average molecular weight is 238 g/mol. The van der Waals surface area contributed by atoms with Gasteiger partial charge in [0.15, 0.2) is 18.2 Å². The molecule has 1 N–H and O–H groups in total. The molecule has 8 heteroatoms. The number of aliphatic hydroxyl groups is 1. The minimum atomic E-state index is -5.44. The fraction of sp³-hybridized carbons (Fsp3) is 0.714. The lowest BCUT2D eigenvalue weighted by atomic mass is 9.88. The fourth-order valence-corrected chi connectivity index (χ4v) is 1.25. The summed E-state index contributed by atoms with van der Waals surface area (Å²) in [7, 11) is 0. The quantitative estimate of drug-likeness (QED) is 0.642. The van der Waals surface area contributed by atoms with Gasteiger partial charge in [-0.2, -0.15) is 13.2 Å². The molecule has 1 aliphatic rings. The zero-order chi connectivity index (χ0) is 12.0. The van der Waals surface area contributed by atoms with E-state index in [1.807, 2.05) is 0 Å². The van der Waals surface area contributed by atoms with Gasteiger partial charge in [0.2, 0.25) is 0 Å². The van der Waals surface area contributed by atoms with E-state index in [2.05, 4.69) is 0 Å². The molecule has 0 bridgehead atoms. The van der Waals surface area contributed by atoms with E-state index >= 15 is 0 Å². The molecule has 0 radical (unpaired) electrons. The monoisotopic (exact) mass is 238 g/mol. The highest BCUT2D eigenvalue weighted by atomic mass is 19.4. The Morgan fingerprint density at radius 1 is 0.933 bits per heavy atom. The van der Waals surface area contributed by atoms with E-state index in [0.29, 0.717) is 0 Å². The van der Waals surface area contributed by atoms with E-state index in [0.717, 1.165) is 0 Å². The van der Waals surface area contributed by atoms with Crippen LogP contribution in [-0.2, 0) is 0 Å². The maximum atomic E-state index is 12.7. The van der Waals surface area contributed by atoms with Crippen molar-refractivity contribution in [3.8, 4) is 0 Å². The highest BCUT2D eigenvalue weighted by molar-refractivity contribution is 5.20. The average Bonchev–Trinajstić information content (AvgIpc) is 2.09. The van der Waals surface area contributed by atoms with Crippen LogP contribution in [0.4, 0.5) is 30.7 Å². The lowest BCUT2D eigenvalue weighted by Crippen LogP contribution is -2.47. The summed E-state index contributed by atoms with van der Waals surface area (Å²) in [4.78, 5) is 0. The molecule has 0 saturated heterocycles. The van der Waals surface area contributed by atoms with Crippen LogP contribution in [0.2, 0.25) is 0 Å². The summed E-state index contributed by atoms with van der Waals surface area (Å²) >= 11 is 0. The molecule has 1 aliphatic carbocycles. The van der Waals surface area contributed by atoms with Gasteiger partial charge < -0.3 is 5.11 Å². The van der Waals surface area contributed by atoms with Crippen LogP contribution in [-0.4, -0.2) is 29.7 Å². The molecular formula is C7H5F7O. The topological polar surface area (TPSA) is 20.2 Å². The Kier molecular flexibility index (Phi) is 2.99. The number of aliphatic hydroxyl groups excluding tert-OH is 1. The van der Waals surface area contributed by atoms with Crippen molar-refractivity contribution in [3.05, 3.63) is 11.7 Å². The van der Waals surface area contributed by atoms with Crippen molar-refractivity contribution in [3.63, 3.8) is 0 Å². The Bertz CT molecular complexity index is 284. The van der Waals surface area contributed by atoms with Crippen LogP contribution in [0.15, 0.2) is 11.7 Å². The Hall–Kier alpha value is -0.790. The summed E-state index contributed by atoms with van der Waals surface area (Å²) in [5.41, 5.74) is 0. The minimum absolute atomic E-state index is 2.31. The van der Waals surface area contributed by atoms with Gasteiger partial charge in [0.05, 0.1) is 0 Å². The number of halogens is 7. The third kappa shape index (κ3) is 1.95.